The molecule has 3 heterocycles. The topological polar surface area (TPSA) is 72.5 Å². The molecule has 2 aromatic carbocycles. The number of hydrogen-bond acceptors (Lipinski definition) is 6. The van der Waals surface area contributed by atoms with Crippen LogP contribution in [0, 0.1) is 0 Å². The van der Waals surface area contributed by atoms with Crippen molar-refractivity contribution in [2.45, 2.75) is 26.2 Å². The van der Waals surface area contributed by atoms with E-state index >= 15 is 0 Å². The lowest BCUT2D eigenvalue weighted by Gasteiger charge is -2.26. The molecule has 1 aliphatic heterocycles. The van der Waals surface area contributed by atoms with E-state index in [9.17, 15) is 0 Å². The van der Waals surface area contributed by atoms with Crippen LogP contribution in [0.5, 0.6) is 17.4 Å². The summed E-state index contributed by atoms with van der Waals surface area (Å²) in [6.45, 7) is 4.51. The summed E-state index contributed by atoms with van der Waals surface area (Å²) in [5.74, 6) is 2.79. The molecule has 0 radical (unpaired) electrons. The second-order valence-electron chi connectivity index (χ2n) is 7.99. The second-order valence-corrected chi connectivity index (χ2v) is 7.99. The van der Waals surface area contributed by atoms with Crippen molar-refractivity contribution in [2.24, 2.45) is 0 Å². The van der Waals surface area contributed by atoms with E-state index in [1.54, 1.807) is 14.2 Å². The Morgan fingerprint density at radius 1 is 0.906 bits per heavy atom. The second kappa shape index (κ2) is 8.57. The van der Waals surface area contributed by atoms with E-state index in [2.05, 4.69) is 28.1 Å². The molecule has 1 N–H and O–H groups in total. The van der Waals surface area contributed by atoms with Gasteiger partial charge in [0.05, 0.1) is 20.8 Å². The molecule has 0 aliphatic carbocycles. The van der Waals surface area contributed by atoms with E-state index in [0.29, 0.717) is 24.0 Å². The molecule has 7 heteroatoms. The number of methoxy groups -OCH3 is 2. The van der Waals surface area contributed by atoms with E-state index in [-0.39, 0.29) is 0 Å². The zero-order valence-electron chi connectivity index (χ0n) is 18.8. The molecule has 7 nitrogen and oxygen atoms in total. The van der Waals surface area contributed by atoms with Crippen LogP contribution in [0.4, 0.5) is 5.95 Å². The van der Waals surface area contributed by atoms with Crippen molar-refractivity contribution in [2.75, 3.05) is 38.8 Å². The molecular formula is C25H28N4O3. The minimum atomic E-state index is 0.553. The van der Waals surface area contributed by atoms with Gasteiger partial charge in [-0.25, -0.2) is 4.98 Å². The third-order valence-electron chi connectivity index (χ3n) is 6.04. The number of fused-ring (bicyclic) bond motifs is 3. The number of benzene rings is 2. The van der Waals surface area contributed by atoms with Crippen LogP contribution in [0.1, 0.15) is 26.2 Å². The summed E-state index contributed by atoms with van der Waals surface area (Å²) in [7, 11) is 3.29. The lowest BCUT2D eigenvalue weighted by atomic mass is 10.0. The molecule has 1 aliphatic rings. The van der Waals surface area contributed by atoms with E-state index < -0.39 is 0 Å². The molecule has 0 unspecified atom stereocenters. The molecular weight excluding hydrogens is 404 g/mol. The monoisotopic (exact) mass is 432 g/mol. The lowest BCUT2D eigenvalue weighted by molar-refractivity contribution is 0.330. The Balaban J connectivity index is 1.62. The standard InChI is InChI=1S/C25H28N4O3/c1-4-32-24-23-22(27-25(28-24)29-12-6-5-7-13-29)18-10-8-16(14-19(18)26-23)17-9-11-20(30-2)21(15-17)31-3/h8-11,14-15,26H,4-7,12-13H2,1-3H3. The van der Waals surface area contributed by atoms with Gasteiger partial charge in [0, 0.05) is 24.0 Å². The molecule has 0 saturated carbocycles. The zero-order chi connectivity index (χ0) is 22.1. The summed E-state index contributed by atoms with van der Waals surface area (Å²) in [5.41, 5.74) is 4.86. The lowest BCUT2D eigenvalue weighted by Crippen LogP contribution is -2.31. The van der Waals surface area contributed by atoms with Crippen LogP contribution in [0.2, 0.25) is 0 Å². The van der Waals surface area contributed by atoms with Crippen molar-refractivity contribution in [1.29, 1.82) is 0 Å². The summed E-state index contributed by atoms with van der Waals surface area (Å²) in [4.78, 5) is 15.5. The highest BCUT2D eigenvalue weighted by atomic mass is 16.5. The molecule has 1 fully saturated rings. The van der Waals surface area contributed by atoms with Gasteiger partial charge < -0.3 is 24.1 Å². The van der Waals surface area contributed by atoms with Crippen LogP contribution in [0.25, 0.3) is 33.1 Å². The fraction of sp³-hybridized carbons (Fsp3) is 0.360. The van der Waals surface area contributed by atoms with Gasteiger partial charge in [0.15, 0.2) is 11.5 Å². The fourth-order valence-corrected chi connectivity index (χ4v) is 4.40. The van der Waals surface area contributed by atoms with Crippen molar-refractivity contribution >= 4 is 27.9 Å². The smallest absolute Gasteiger partial charge is 0.243 e. The average molecular weight is 433 g/mol. The first-order chi connectivity index (χ1) is 15.7. The molecule has 5 rings (SSSR count). The van der Waals surface area contributed by atoms with Gasteiger partial charge in [-0.3, -0.25) is 0 Å². The molecule has 0 atom stereocenters. The number of ether oxygens (including phenoxy) is 3. The normalized spacial score (nSPS) is 14.2. The third kappa shape index (κ3) is 3.57. The number of aromatic amines is 1. The Bertz CT molecular complexity index is 1260. The first-order valence-corrected chi connectivity index (χ1v) is 11.2. The Labute approximate surface area is 187 Å². The van der Waals surface area contributed by atoms with Gasteiger partial charge in [-0.1, -0.05) is 18.2 Å². The molecule has 4 aromatic rings. The summed E-state index contributed by atoms with van der Waals surface area (Å²) >= 11 is 0. The van der Waals surface area contributed by atoms with Crippen LogP contribution in [-0.2, 0) is 0 Å². The van der Waals surface area contributed by atoms with Crippen molar-refractivity contribution in [3.63, 3.8) is 0 Å². The molecule has 2 aromatic heterocycles. The van der Waals surface area contributed by atoms with Crippen LogP contribution in [0.3, 0.4) is 0 Å². The Hall–Kier alpha value is -3.48. The largest absolute Gasteiger partial charge is 0.493 e. The summed E-state index contributed by atoms with van der Waals surface area (Å²) < 4.78 is 16.8. The molecule has 0 amide bonds. The fourth-order valence-electron chi connectivity index (χ4n) is 4.40. The summed E-state index contributed by atoms with van der Waals surface area (Å²) in [6.07, 6.45) is 3.62. The zero-order valence-corrected chi connectivity index (χ0v) is 18.8. The van der Waals surface area contributed by atoms with Gasteiger partial charge in [-0.05, 0) is 55.5 Å². The number of rotatable bonds is 6. The predicted octanol–water partition coefficient (Wildman–Crippen LogP) is 5.18. The molecule has 1 saturated heterocycles. The number of anilines is 1. The van der Waals surface area contributed by atoms with E-state index in [1.165, 1.54) is 19.3 Å². The maximum Gasteiger partial charge on any atom is 0.243 e. The molecule has 166 valence electrons. The SMILES string of the molecule is CCOc1nc(N2CCCCC2)nc2c1[nH]c1cc(-c3ccc(OC)c(OC)c3)ccc12. The molecule has 32 heavy (non-hydrogen) atoms. The van der Waals surface area contributed by atoms with Gasteiger partial charge in [-0.15, -0.1) is 0 Å². The molecule has 0 spiro atoms. The highest BCUT2D eigenvalue weighted by molar-refractivity contribution is 6.07. The maximum absolute atomic E-state index is 5.91. The highest BCUT2D eigenvalue weighted by Gasteiger charge is 2.20. The minimum absolute atomic E-state index is 0.553. The summed E-state index contributed by atoms with van der Waals surface area (Å²) in [6, 6.07) is 12.3. The maximum atomic E-state index is 5.91. The number of aromatic nitrogens is 3. The Kier molecular flexibility index (Phi) is 5.47. The van der Waals surface area contributed by atoms with Crippen LogP contribution < -0.4 is 19.1 Å². The van der Waals surface area contributed by atoms with Gasteiger partial charge in [-0.2, -0.15) is 4.98 Å². The number of nitrogens with zero attached hydrogens (tertiary/aromatic N) is 3. The van der Waals surface area contributed by atoms with Gasteiger partial charge in [0.2, 0.25) is 11.8 Å². The third-order valence-corrected chi connectivity index (χ3v) is 6.04. The van der Waals surface area contributed by atoms with Crippen LogP contribution in [0.15, 0.2) is 36.4 Å². The van der Waals surface area contributed by atoms with Gasteiger partial charge in [0.1, 0.15) is 11.0 Å². The predicted molar refractivity (Wildman–Crippen MR) is 127 cm³/mol. The first kappa shape index (κ1) is 20.4. The minimum Gasteiger partial charge on any atom is -0.493 e. The van der Waals surface area contributed by atoms with Crippen molar-refractivity contribution in [1.82, 2.24) is 15.0 Å². The summed E-state index contributed by atoms with van der Waals surface area (Å²) in [5, 5.41) is 1.06. The first-order valence-electron chi connectivity index (χ1n) is 11.2. The quantitative estimate of drug-likeness (QED) is 0.452. The molecule has 0 bridgehead atoms. The Morgan fingerprint density at radius 2 is 1.66 bits per heavy atom. The number of piperidine rings is 1. The van der Waals surface area contributed by atoms with Crippen molar-refractivity contribution < 1.29 is 14.2 Å². The van der Waals surface area contributed by atoms with Crippen molar-refractivity contribution in [3.8, 4) is 28.5 Å². The van der Waals surface area contributed by atoms with Gasteiger partial charge in [0.25, 0.3) is 0 Å². The number of H-pyrrole nitrogens is 1. The van der Waals surface area contributed by atoms with Crippen LogP contribution >= 0.6 is 0 Å². The van der Waals surface area contributed by atoms with E-state index in [4.69, 9.17) is 24.2 Å². The number of hydrogen-bond donors (Lipinski definition) is 1. The highest BCUT2D eigenvalue weighted by Crippen LogP contribution is 2.36. The van der Waals surface area contributed by atoms with Crippen LogP contribution in [-0.4, -0.2) is 48.9 Å². The van der Waals surface area contributed by atoms with E-state index in [1.807, 2.05) is 25.1 Å². The average Bonchev–Trinajstić information content (AvgIpc) is 3.22. The van der Waals surface area contributed by atoms with Crippen molar-refractivity contribution in [3.05, 3.63) is 36.4 Å². The number of nitrogens with one attached hydrogen (secondary N) is 1. The van der Waals surface area contributed by atoms with Gasteiger partial charge >= 0.3 is 0 Å². The van der Waals surface area contributed by atoms with E-state index in [0.717, 1.165) is 52.1 Å². The Morgan fingerprint density at radius 3 is 2.41 bits per heavy atom.